The second-order valence-electron chi connectivity index (χ2n) is 8.83. The van der Waals surface area contributed by atoms with Gasteiger partial charge in [0.2, 0.25) is 5.88 Å². The molecule has 14 heteroatoms. The van der Waals surface area contributed by atoms with Gasteiger partial charge in [-0.15, -0.1) is 0 Å². The Balaban J connectivity index is 1.71. The van der Waals surface area contributed by atoms with E-state index in [1.54, 1.807) is 0 Å². The normalized spacial score (nSPS) is 12.1. The molecule has 0 spiro atoms. The minimum Gasteiger partial charge on any atom is -0.470 e. The maximum Gasteiger partial charge on any atom is 0.433 e. The highest BCUT2D eigenvalue weighted by Crippen LogP contribution is 2.31. The smallest absolute Gasteiger partial charge is 0.433 e. The van der Waals surface area contributed by atoms with Gasteiger partial charge in [-0.3, -0.25) is 9.36 Å². The van der Waals surface area contributed by atoms with E-state index in [9.17, 15) is 27.5 Å². The van der Waals surface area contributed by atoms with E-state index in [0.717, 1.165) is 16.8 Å². The van der Waals surface area contributed by atoms with Crippen molar-refractivity contribution >= 4 is 27.5 Å². The van der Waals surface area contributed by atoms with Crippen LogP contribution in [-0.4, -0.2) is 29.6 Å². The number of nitrogens with zero attached hydrogens (tertiary/aromatic N) is 5. The van der Waals surface area contributed by atoms with E-state index >= 15 is 0 Å². The maximum absolute atomic E-state index is 14.7. The van der Waals surface area contributed by atoms with Crippen molar-refractivity contribution in [3.05, 3.63) is 91.3 Å². The van der Waals surface area contributed by atoms with Crippen LogP contribution in [0.25, 0.3) is 16.9 Å². The molecule has 0 aliphatic heterocycles. The maximum atomic E-state index is 14.7. The molecule has 0 atom stereocenters. The number of ether oxygens (including phenoxy) is 1. The molecule has 0 bridgehead atoms. The summed E-state index contributed by atoms with van der Waals surface area (Å²) in [6.07, 6.45) is -3.69. The van der Waals surface area contributed by atoms with E-state index in [2.05, 4.69) is 35.9 Å². The van der Waals surface area contributed by atoms with Gasteiger partial charge in [0.1, 0.15) is 33.9 Å². The molecule has 0 radical (unpaired) electrons. The summed E-state index contributed by atoms with van der Waals surface area (Å²) >= 11 is 9.53. The molecule has 0 unspecified atom stereocenters. The van der Waals surface area contributed by atoms with E-state index in [1.165, 1.54) is 51.1 Å². The number of pyridine rings is 1. The van der Waals surface area contributed by atoms with Crippen molar-refractivity contribution in [3.63, 3.8) is 0 Å². The Bertz CT molecular complexity index is 1620. The average molecular weight is 629 g/mol. The van der Waals surface area contributed by atoms with Crippen molar-refractivity contribution < 1.29 is 27.4 Å². The van der Waals surface area contributed by atoms with Crippen LogP contribution in [0.1, 0.15) is 36.9 Å². The van der Waals surface area contributed by atoms with Crippen LogP contribution >= 0.6 is 27.5 Å². The van der Waals surface area contributed by atoms with Gasteiger partial charge in [-0.2, -0.15) is 18.2 Å². The second kappa shape index (κ2) is 10.6. The fraction of sp³-hybridized carbons (Fsp3) is 0.240. The molecule has 1 aromatic carbocycles. The van der Waals surface area contributed by atoms with Gasteiger partial charge >= 0.3 is 6.18 Å². The Hall–Kier alpha value is -3.42. The van der Waals surface area contributed by atoms with Crippen LogP contribution in [0, 0.1) is 12.7 Å². The SMILES string of the molecule is Cc1nc(OCc2cccc(C(F)(F)F)n2)c(Br)c(=O)n1-c1cc(-c2nc(C(C)(C)O)ncc2F)ccc1Cl. The zero-order valence-corrected chi connectivity index (χ0v) is 22.9. The summed E-state index contributed by atoms with van der Waals surface area (Å²) in [6, 6.07) is 7.74. The number of alkyl halides is 3. The molecule has 0 saturated carbocycles. The zero-order chi connectivity index (χ0) is 28.7. The summed E-state index contributed by atoms with van der Waals surface area (Å²) in [4.78, 5) is 29.1. The minimum atomic E-state index is -4.62. The van der Waals surface area contributed by atoms with Crippen molar-refractivity contribution in [1.82, 2.24) is 24.5 Å². The number of hydrogen-bond acceptors (Lipinski definition) is 7. The summed E-state index contributed by atoms with van der Waals surface area (Å²) in [5.74, 6) is -0.817. The molecular weight excluding hydrogens is 610 g/mol. The summed E-state index contributed by atoms with van der Waals surface area (Å²) in [7, 11) is 0. The van der Waals surface area contributed by atoms with Crippen LogP contribution in [0.4, 0.5) is 17.6 Å². The quantitative estimate of drug-likeness (QED) is 0.270. The lowest BCUT2D eigenvalue weighted by Gasteiger charge is -2.17. The van der Waals surface area contributed by atoms with Crippen LogP contribution in [0.15, 0.2) is 51.9 Å². The number of rotatable bonds is 6. The first-order valence-corrected chi connectivity index (χ1v) is 12.3. The highest BCUT2D eigenvalue weighted by Gasteiger charge is 2.32. The minimum absolute atomic E-state index is 0.00933. The third kappa shape index (κ3) is 6.10. The van der Waals surface area contributed by atoms with Gasteiger partial charge in [-0.05, 0) is 61.0 Å². The van der Waals surface area contributed by atoms with E-state index in [1.807, 2.05) is 0 Å². The van der Waals surface area contributed by atoms with Crippen molar-refractivity contribution in [1.29, 1.82) is 0 Å². The van der Waals surface area contributed by atoms with Crippen molar-refractivity contribution in [3.8, 4) is 22.8 Å². The Morgan fingerprint density at radius 1 is 1.13 bits per heavy atom. The van der Waals surface area contributed by atoms with E-state index in [0.29, 0.717) is 0 Å². The molecule has 0 fully saturated rings. The van der Waals surface area contributed by atoms with Crippen molar-refractivity contribution in [2.45, 2.75) is 39.2 Å². The molecular formula is C25H19BrClF4N5O3. The molecule has 0 aliphatic carbocycles. The van der Waals surface area contributed by atoms with E-state index < -0.39 is 28.8 Å². The van der Waals surface area contributed by atoms with Crippen LogP contribution in [0.2, 0.25) is 5.02 Å². The largest absolute Gasteiger partial charge is 0.470 e. The lowest BCUT2D eigenvalue weighted by Crippen LogP contribution is -2.24. The zero-order valence-electron chi connectivity index (χ0n) is 20.5. The number of aliphatic hydroxyl groups is 1. The molecule has 4 rings (SSSR count). The number of aryl methyl sites for hydroxylation is 1. The fourth-order valence-electron chi connectivity index (χ4n) is 3.52. The summed E-state index contributed by atoms with van der Waals surface area (Å²) < 4.78 is 60.0. The average Bonchev–Trinajstić information content (AvgIpc) is 2.86. The van der Waals surface area contributed by atoms with Gasteiger partial charge in [0.15, 0.2) is 11.6 Å². The van der Waals surface area contributed by atoms with Crippen LogP contribution in [0.3, 0.4) is 0 Å². The first kappa shape index (κ1) is 28.6. The second-order valence-corrected chi connectivity index (χ2v) is 10.0. The van der Waals surface area contributed by atoms with Crippen molar-refractivity contribution in [2.75, 3.05) is 0 Å². The third-order valence-corrected chi connectivity index (χ3v) is 6.37. The van der Waals surface area contributed by atoms with Crippen LogP contribution in [0.5, 0.6) is 5.88 Å². The lowest BCUT2D eigenvalue weighted by atomic mass is 10.1. The topological polar surface area (TPSA) is 103 Å². The fourth-order valence-corrected chi connectivity index (χ4v) is 4.10. The number of benzene rings is 1. The molecule has 0 aliphatic rings. The van der Waals surface area contributed by atoms with E-state index in [-0.39, 0.29) is 56.3 Å². The molecule has 204 valence electrons. The standard InChI is InChI=1S/C25H19BrClF4N5O3/c1-12-33-21(39-11-14-5-4-6-18(34-14)25(29,30)31)19(26)22(37)36(12)17-9-13(7-8-15(17)27)20-16(28)10-32-23(35-20)24(2,3)38/h4-10,38H,11H2,1-3H3. The van der Waals surface area contributed by atoms with Crippen molar-refractivity contribution in [2.24, 2.45) is 0 Å². The molecule has 3 heterocycles. The highest BCUT2D eigenvalue weighted by atomic mass is 79.9. The van der Waals surface area contributed by atoms with Gasteiger partial charge in [0, 0.05) is 5.56 Å². The molecule has 3 aromatic heterocycles. The number of hydrogen-bond donors (Lipinski definition) is 1. The first-order chi connectivity index (χ1) is 18.2. The van der Waals surface area contributed by atoms with Gasteiger partial charge in [-0.1, -0.05) is 23.7 Å². The summed E-state index contributed by atoms with van der Waals surface area (Å²) in [6.45, 7) is 4.02. The summed E-state index contributed by atoms with van der Waals surface area (Å²) in [5.41, 5.74) is -2.89. The molecule has 0 saturated heterocycles. The Morgan fingerprint density at radius 2 is 1.85 bits per heavy atom. The Kier molecular flexibility index (Phi) is 7.79. The molecule has 4 aromatic rings. The third-order valence-electron chi connectivity index (χ3n) is 5.37. The van der Waals surface area contributed by atoms with E-state index in [4.69, 9.17) is 16.3 Å². The Morgan fingerprint density at radius 3 is 2.51 bits per heavy atom. The van der Waals surface area contributed by atoms with Crippen LogP contribution in [-0.2, 0) is 18.4 Å². The number of aromatic nitrogens is 5. The summed E-state index contributed by atoms with van der Waals surface area (Å²) in [5, 5.41) is 10.4. The monoisotopic (exact) mass is 627 g/mol. The molecule has 1 N–H and O–H groups in total. The predicted molar refractivity (Wildman–Crippen MR) is 137 cm³/mol. The molecule has 8 nitrogen and oxygen atoms in total. The predicted octanol–water partition coefficient (Wildman–Crippen LogP) is 5.77. The van der Waals surface area contributed by atoms with Gasteiger partial charge in [0.05, 0.1) is 22.6 Å². The van der Waals surface area contributed by atoms with Crippen LogP contribution < -0.4 is 10.3 Å². The molecule has 0 amide bonds. The molecule has 39 heavy (non-hydrogen) atoms. The lowest BCUT2D eigenvalue weighted by molar-refractivity contribution is -0.141. The number of halogens is 6. The Labute approximate surface area is 232 Å². The van der Waals surface area contributed by atoms with Gasteiger partial charge in [0.25, 0.3) is 5.56 Å². The highest BCUT2D eigenvalue weighted by molar-refractivity contribution is 9.10. The first-order valence-electron chi connectivity index (χ1n) is 11.2. The van der Waals surface area contributed by atoms with Gasteiger partial charge < -0.3 is 9.84 Å². The van der Waals surface area contributed by atoms with Gasteiger partial charge in [-0.25, -0.2) is 19.3 Å².